The van der Waals surface area contributed by atoms with E-state index in [-0.39, 0.29) is 0 Å². The van der Waals surface area contributed by atoms with Crippen molar-refractivity contribution in [2.45, 2.75) is 0 Å². The van der Waals surface area contributed by atoms with Crippen LogP contribution < -0.4 is 0 Å². The fraction of sp³-hybridized carbons (Fsp3) is 0. The van der Waals surface area contributed by atoms with Gasteiger partial charge in [-0.3, -0.25) is 4.57 Å². The van der Waals surface area contributed by atoms with Crippen LogP contribution in [-0.4, -0.2) is 24.1 Å². The van der Waals surface area contributed by atoms with Crippen molar-refractivity contribution in [2.75, 3.05) is 0 Å². The molecule has 0 unspecified atom stereocenters. The van der Waals surface area contributed by atoms with Crippen molar-refractivity contribution in [2.24, 2.45) is 0 Å². The molecule has 0 aliphatic carbocycles. The fourth-order valence-corrected chi connectivity index (χ4v) is 8.65. The molecular formula is C51H31N5O. The summed E-state index contributed by atoms with van der Waals surface area (Å²) in [6.45, 7) is 0. The van der Waals surface area contributed by atoms with Crippen molar-refractivity contribution in [3.63, 3.8) is 0 Å². The minimum Gasteiger partial charge on any atom is -0.455 e. The maximum Gasteiger partial charge on any atom is 0.238 e. The molecule has 4 heterocycles. The van der Waals surface area contributed by atoms with Crippen molar-refractivity contribution in [1.82, 2.24) is 24.1 Å². The fourth-order valence-electron chi connectivity index (χ4n) is 8.65. The van der Waals surface area contributed by atoms with Gasteiger partial charge in [-0.2, -0.15) is 9.97 Å². The van der Waals surface area contributed by atoms with E-state index in [1.165, 1.54) is 10.8 Å². The topological polar surface area (TPSA) is 61.7 Å². The van der Waals surface area contributed by atoms with Crippen LogP contribution in [0.1, 0.15) is 0 Å². The van der Waals surface area contributed by atoms with Gasteiger partial charge in [0.25, 0.3) is 0 Å². The largest absolute Gasteiger partial charge is 0.455 e. The molecule has 8 aromatic carbocycles. The van der Waals surface area contributed by atoms with E-state index in [0.29, 0.717) is 17.6 Å². The molecule has 0 radical (unpaired) electrons. The van der Waals surface area contributed by atoms with Crippen LogP contribution in [0.3, 0.4) is 0 Å². The monoisotopic (exact) mass is 729 g/mol. The lowest BCUT2D eigenvalue weighted by molar-refractivity contribution is 0.669. The van der Waals surface area contributed by atoms with Crippen LogP contribution in [0.4, 0.5) is 0 Å². The van der Waals surface area contributed by atoms with Gasteiger partial charge in [-0.1, -0.05) is 146 Å². The third-order valence-corrected chi connectivity index (χ3v) is 11.2. The SMILES string of the molecule is c1ccc(-c2ccc(-c3nc(-c4cccc5c4oc4ccccc45)nc(-n4c5ccccc5c5c4ccc4c6ccccc6n(-c6ccccc6)c45)n3)cc2)cc1. The summed E-state index contributed by atoms with van der Waals surface area (Å²) in [5.41, 5.74) is 11.0. The van der Waals surface area contributed by atoms with Crippen LogP contribution in [0, 0.1) is 0 Å². The molecule has 0 atom stereocenters. The van der Waals surface area contributed by atoms with Crippen molar-refractivity contribution >= 4 is 65.6 Å². The van der Waals surface area contributed by atoms with Gasteiger partial charge in [0.15, 0.2) is 11.6 Å². The Morgan fingerprint density at radius 1 is 0.368 bits per heavy atom. The molecule has 4 aromatic heterocycles. The summed E-state index contributed by atoms with van der Waals surface area (Å²) in [5.74, 6) is 1.65. The lowest BCUT2D eigenvalue weighted by Crippen LogP contribution is -2.06. The van der Waals surface area contributed by atoms with Crippen molar-refractivity contribution in [3.05, 3.63) is 188 Å². The smallest absolute Gasteiger partial charge is 0.238 e. The van der Waals surface area contributed by atoms with Gasteiger partial charge in [0.05, 0.1) is 27.6 Å². The van der Waals surface area contributed by atoms with Crippen LogP contribution in [0.25, 0.3) is 111 Å². The van der Waals surface area contributed by atoms with E-state index in [4.69, 9.17) is 19.4 Å². The number of nitrogens with zero attached hydrogens (tertiary/aromatic N) is 5. The zero-order valence-electron chi connectivity index (χ0n) is 30.5. The Morgan fingerprint density at radius 3 is 1.79 bits per heavy atom. The van der Waals surface area contributed by atoms with Gasteiger partial charge >= 0.3 is 0 Å². The number of hydrogen-bond acceptors (Lipinski definition) is 4. The second-order valence-corrected chi connectivity index (χ2v) is 14.4. The number of fused-ring (bicyclic) bond motifs is 10. The number of aromatic nitrogens is 5. The molecule has 0 fully saturated rings. The Hall–Kier alpha value is -7.83. The van der Waals surface area contributed by atoms with Crippen LogP contribution in [0.5, 0.6) is 0 Å². The van der Waals surface area contributed by atoms with Crippen LogP contribution in [0.15, 0.2) is 192 Å². The molecule has 0 bridgehead atoms. The van der Waals surface area contributed by atoms with Crippen LogP contribution >= 0.6 is 0 Å². The van der Waals surface area contributed by atoms with Crippen molar-refractivity contribution in [3.8, 4) is 45.5 Å². The number of para-hydroxylation sites is 5. The number of furan rings is 1. The van der Waals surface area contributed by atoms with Gasteiger partial charge in [-0.05, 0) is 53.6 Å². The van der Waals surface area contributed by atoms with E-state index in [1.807, 2.05) is 30.3 Å². The van der Waals surface area contributed by atoms with E-state index in [2.05, 4.69) is 167 Å². The Kier molecular flexibility index (Phi) is 6.83. The molecule has 12 aromatic rings. The lowest BCUT2D eigenvalue weighted by Gasteiger charge is -2.12. The molecule has 12 rings (SSSR count). The highest BCUT2D eigenvalue weighted by atomic mass is 16.3. The minimum atomic E-state index is 0.531. The quantitative estimate of drug-likeness (QED) is 0.177. The highest BCUT2D eigenvalue weighted by Gasteiger charge is 2.24. The predicted molar refractivity (Wildman–Crippen MR) is 232 cm³/mol. The van der Waals surface area contributed by atoms with E-state index in [1.54, 1.807) is 0 Å². The second-order valence-electron chi connectivity index (χ2n) is 14.4. The first-order chi connectivity index (χ1) is 28.3. The zero-order chi connectivity index (χ0) is 37.5. The van der Waals surface area contributed by atoms with E-state index >= 15 is 0 Å². The van der Waals surface area contributed by atoms with Gasteiger partial charge in [0.2, 0.25) is 5.95 Å². The molecule has 0 aliphatic rings. The maximum absolute atomic E-state index is 6.54. The number of hydrogen-bond donors (Lipinski definition) is 0. The third-order valence-electron chi connectivity index (χ3n) is 11.2. The average Bonchev–Trinajstić information content (AvgIpc) is 3.95. The van der Waals surface area contributed by atoms with E-state index in [9.17, 15) is 0 Å². The maximum atomic E-state index is 6.54. The highest BCUT2D eigenvalue weighted by Crippen LogP contribution is 2.42. The first-order valence-electron chi connectivity index (χ1n) is 19.1. The zero-order valence-corrected chi connectivity index (χ0v) is 30.5. The number of rotatable bonds is 5. The molecule has 0 amide bonds. The Balaban J connectivity index is 1.16. The summed E-state index contributed by atoms with van der Waals surface area (Å²) in [5, 5.41) is 6.73. The molecule has 266 valence electrons. The molecule has 0 aliphatic heterocycles. The van der Waals surface area contributed by atoms with Gasteiger partial charge in [-0.15, -0.1) is 0 Å². The first kappa shape index (κ1) is 31.5. The molecule has 6 nitrogen and oxygen atoms in total. The molecule has 0 spiro atoms. The second kappa shape index (κ2) is 12.3. The Labute approximate surface area is 326 Å². The predicted octanol–water partition coefficient (Wildman–Crippen LogP) is 13.0. The summed E-state index contributed by atoms with van der Waals surface area (Å²) >= 11 is 0. The summed E-state index contributed by atoms with van der Waals surface area (Å²) in [7, 11) is 0. The summed E-state index contributed by atoms with van der Waals surface area (Å²) < 4.78 is 11.1. The standard InChI is InChI=1S/C51H31N5O/c1-3-14-32(15-4-1)33-26-28-34(29-27-33)49-52-50(41-22-13-21-39-37-19-9-12-25-45(37)57-48(39)41)54-51(53-49)56-43-24-11-8-20-40(43)46-44(56)31-30-38-36-18-7-10-23-42(36)55(47(38)46)35-16-5-2-6-17-35/h1-31H. The van der Waals surface area contributed by atoms with Crippen molar-refractivity contribution in [1.29, 1.82) is 0 Å². The summed E-state index contributed by atoms with van der Waals surface area (Å²) in [6, 6.07) is 65.5. The number of benzene rings is 8. The van der Waals surface area contributed by atoms with Crippen molar-refractivity contribution < 1.29 is 4.42 Å². The van der Waals surface area contributed by atoms with Gasteiger partial charge in [0.1, 0.15) is 11.2 Å². The minimum absolute atomic E-state index is 0.531. The molecular weight excluding hydrogens is 699 g/mol. The van der Waals surface area contributed by atoms with Gasteiger partial charge in [0, 0.05) is 43.6 Å². The Bertz CT molecular complexity index is 3510. The van der Waals surface area contributed by atoms with E-state index in [0.717, 1.165) is 82.7 Å². The van der Waals surface area contributed by atoms with Gasteiger partial charge < -0.3 is 8.98 Å². The first-order valence-corrected chi connectivity index (χ1v) is 19.1. The Morgan fingerprint density at radius 2 is 0.982 bits per heavy atom. The third kappa shape index (κ3) is 4.81. The molecule has 6 heteroatoms. The highest BCUT2D eigenvalue weighted by molar-refractivity contribution is 6.26. The lowest BCUT2D eigenvalue weighted by atomic mass is 10.0. The van der Waals surface area contributed by atoms with E-state index < -0.39 is 0 Å². The normalized spacial score (nSPS) is 11.9. The molecule has 0 saturated heterocycles. The summed E-state index contributed by atoms with van der Waals surface area (Å²) in [4.78, 5) is 15.8. The van der Waals surface area contributed by atoms with Crippen LogP contribution in [-0.2, 0) is 0 Å². The molecule has 57 heavy (non-hydrogen) atoms. The summed E-state index contributed by atoms with van der Waals surface area (Å²) in [6.07, 6.45) is 0. The van der Waals surface area contributed by atoms with Gasteiger partial charge in [-0.25, -0.2) is 4.98 Å². The molecule has 0 N–H and O–H groups in total. The average molecular weight is 730 g/mol. The molecule has 0 saturated carbocycles. The van der Waals surface area contributed by atoms with Crippen LogP contribution in [0.2, 0.25) is 0 Å².